The van der Waals surface area contributed by atoms with Crippen LogP contribution in [0.25, 0.3) is 0 Å². The van der Waals surface area contributed by atoms with Gasteiger partial charge < -0.3 is 10.4 Å². The van der Waals surface area contributed by atoms with Gasteiger partial charge in [0.25, 0.3) is 0 Å². The molecule has 3 heteroatoms. The van der Waals surface area contributed by atoms with Gasteiger partial charge in [0, 0.05) is 22.4 Å². The Morgan fingerprint density at radius 2 is 2.06 bits per heavy atom. The minimum Gasteiger partial charge on any atom is -0.396 e. The fourth-order valence-electron chi connectivity index (χ4n) is 1.89. The van der Waals surface area contributed by atoms with Crippen molar-refractivity contribution in [2.75, 3.05) is 13.2 Å². The predicted octanol–water partition coefficient (Wildman–Crippen LogP) is 3.03. The topological polar surface area (TPSA) is 32.3 Å². The lowest BCUT2D eigenvalue weighted by Crippen LogP contribution is -2.25. The summed E-state index contributed by atoms with van der Waals surface area (Å²) in [6.07, 6.45) is 0.876. The van der Waals surface area contributed by atoms with E-state index in [-0.39, 0.29) is 6.61 Å². The molecule has 16 heavy (non-hydrogen) atoms. The zero-order valence-corrected chi connectivity index (χ0v) is 11.5. The monoisotopic (exact) mass is 241 g/mol. The molecule has 2 unspecified atom stereocenters. The zero-order valence-electron chi connectivity index (χ0n) is 10.7. The zero-order chi connectivity index (χ0) is 12.1. The highest BCUT2D eigenvalue weighted by Gasteiger charge is 2.11. The van der Waals surface area contributed by atoms with Crippen LogP contribution < -0.4 is 5.32 Å². The maximum absolute atomic E-state index is 8.84. The van der Waals surface area contributed by atoms with Gasteiger partial charge in [-0.25, -0.2) is 0 Å². The first-order valence-electron chi connectivity index (χ1n) is 5.95. The molecule has 0 spiro atoms. The van der Waals surface area contributed by atoms with Gasteiger partial charge in [0.05, 0.1) is 0 Å². The van der Waals surface area contributed by atoms with E-state index in [4.69, 9.17) is 5.11 Å². The van der Waals surface area contributed by atoms with E-state index >= 15 is 0 Å². The molecule has 0 aliphatic rings. The molecule has 1 rings (SSSR count). The lowest BCUT2D eigenvalue weighted by atomic mass is 10.1. The Morgan fingerprint density at radius 3 is 2.56 bits per heavy atom. The minimum absolute atomic E-state index is 0.286. The summed E-state index contributed by atoms with van der Waals surface area (Å²) in [7, 11) is 0. The molecule has 1 aromatic rings. The van der Waals surface area contributed by atoms with Crippen LogP contribution in [0.3, 0.4) is 0 Å². The van der Waals surface area contributed by atoms with Gasteiger partial charge in [0.1, 0.15) is 0 Å². The van der Waals surface area contributed by atoms with E-state index in [0.717, 1.165) is 13.0 Å². The fraction of sp³-hybridized carbons (Fsp3) is 0.692. The fourth-order valence-corrected chi connectivity index (χ4v) is 2.91. The van der Waals surface area contributed by atoms with Gasteiger partial charge in [0.2, 0.25) is 0 Å². The van der Waals surface area contributed by atoms with Crippen LogP contribution in [0.5, 0.6) is 0 Å². The third kappa shape index (κ3) is 3.89. The SMILES string of the molecule is Cc1cc(C(C)NCC(C)CCO)c(C)s1. The van der Waals surface area contributed by atoms with Crippen molar-refractivity contribution in [2.45, 2.75) is 40.2 Å². The molecule has 0 aromatic carbocycles. The average molecular weight is 241 g/mol. The number of aliphatic hydroxyl groups excluding tert-OH is 1. The second-order valence-corrected chi connectivity index (χ2v) is 6.08. The van der Waals surface area contributed by atoms with E-state index in [1.54, 1.807) is 0 Å². The second kappa shape index (κ2) is 6.38. The highest BCUT2D eigenvalue weighted by molar-refractivity contribution is 7.12. The van der Waals surface area contributed by atoms with Gasteiger partial charge >= 0.3 is 0 Å². The number of aryl methyl sites for hydroxylation is 2. The Labute approximate surface area is 103 Å². The highest BCUT2D eigenvalue weighted by Crippen LogP contribution is 2.26. The number of hydrogen-bond donors (Lipinski definition) is 2. The van der Waals surface area contributed by atoms with Gasteiger partial charge in [-0.05, 0) is 51.3 Å². The molecule has 0 aliphatic heterocycles. The van der Waals surface area contributed by atoms with Crippen LogP contribution in [-0.4, -0.2) is 18.3 Å². The number of aliphatic hydroxyl groups is 1. The normalized spacial score (nSPS) is 15.1. The number of nitrogens with one attached hydrogen (secondary N) is 1. The molecule has 0 saturated carbocycles. The van der Waals surface area contributed by atoms with E-state index < -0.39 is 0 Å². The van der Waals surface area contributed by atoms with Crippen molar-refractivity contribution in [3.63, 3.8) is 0 Å². The molecule has 92 valence electrons. The average Bonchev–Trinajstić information content (AvgIpc) is 2.55. The van der Waals surface area contributed by atoms with Gasteiger partial charge in [0.15, 0.2) is 0 Å². The molecule has 0 fully saturated rings. The third-order valence-electron chi connectivity index (χ3n) is 2.94. The molecule has 0 radical (unpaired) electrons. The summed E-state index contributed by atoms with van der Waals surface area (Å²) in [6, 6.07) is 2.68. The van der Waals surface area contributed by atoms with Crippen molar-refractivity contribution < 1.29 is 5.11 Å². The van der Waals surface area contributed by atoms with E-state index in [9.17, 15) is 0 Å². The Kier molecular flexibility index (Phi) is 5.46. The maximum atomic E-state index is 8.84. The molecule has 0 bridgehead atoms. The van der Waals surface area contributed by atoms with Crippen molar-refractivity contribution in [2.24, 2.45) is 5.92 Å². The van der Waals surface area contributed by atoms with Crippen LogP contribution in [0.15, 0.2) is 6.07 Å². The van der Waals surface area contributed by atoms with E-state index in [2.05, 4.69) is 39.1 Å². The van der Waals surface area contributed by atoms with Crippen molar-refractivity contribution in [3.05, 3.63) is 21.4 Å². The summed E-state index contributed by atoms with van der Waals surface area (Å²) in [5.74, 6) is 0.535. The predicted molar refractivity (Wildman–Crippen MR) is 71.1 cm³/mol. The molecule has 2 nitrogen and oxygen atoms in total. The van der Waals surface area contributed by atoms with Gasteiger partial charge in [-0.15, -0.1) is 11.3 Å². The summed E-state index contributed by atoms with van der Waals surface area (Å²) in [5, 5.41) is 12.4. The first kappa shape index (κ1) is 13.7. The smallest absolute Gasteiger partial charge is 0.0434 e. The summed E-state index contributed by atoms with van der Waals surface area (Å²) in [6.45, 7) is 9.97. The summed E-state index contributed by atoms with van der Waals surface area (Å²) >= 11 is 1.86. The molecular weight excluding hydrogens is 218 g/mol. The molecule has 1 aromatic heterocycles. The molecule has 0 saturated heterocycles. The number of thiophene rings is 1. The van der Waals surface area contributed by atoms with E-state index in [0.29, 0.717) is 12.0 Å². The number of hydrogen-bond acceptors (Lipinski definition) is 3. The Balaban J connectivity index is 2.46. The van der Waals surface area contributed by atoms with Crippen molar-refractivity contribution in [3.8, 4) is 0 Å². The van der Waals surface area contributed by atoms with Gasteiger partial charge in [-0.3, -0.25) is 0 Å². The molecule has 0 amide bonds. The third-order valence-corrected chi connectivity index (χ3v) is 3.92. The Bertz CT molecular complexity index is 322. The first-order chi connectivity index (χ1) is 7.54. The van der Waals surface area contributed by atoms with Crippen molar-refractivity contribution >= 4 is 11.3 Å². The molecular formula is C13H23NOS. The quantitative estimate of drug-likeness (QED) is 0.802. The summed E-state index contributed by atoms with van der Waals surface area (Å²) in [4.78, 5) is 2.79. The van der Waals surface area contributed by atoms with Crippen LogP contribution in [0.2, 0.25) is 0 Å². The van der Waals surface area contributed by atoms with Crippen molar-refractivity contribution in [1.29, 1.82) is 0 Å². The second-order valence-electron chi connectivity index (χ2n) is 4.62. The minimum atomic E-state index is 0.286. The van der Waals surface area contributed by atoms with Crippen LogP contribution in [0.4, 0.5) is 0 Å². The van der Waals surface area contributed by atoms with E-state index in [1.807, 2.05) is 11.3 Å². The summed E-state index contributed by atoms with van der Waals surface area (Å²) in [5.41, 5.74) is 1.42. The molecule has 1 heterocycles. The molecule has 0 aliphatic carbocycles. The van der Waals surface area contributed by atoms with Crippen LogP contribution >= 0.6 is 11.3 Å². The Hall–Kier alpha value is -0.380. The van der Waals surface area contributed by atoms with E-state index in [1.165, 1.54) is 15.3 Å². The lowest BCUT2D eigenvalue weighted by Gasteiger charge is -2.17. The maximum Gasteiger partial charge on any atom is 0.0434 e. The standard InChI is InChI=1S/C13H23NOS/c1-9(5-6-15)8-14-11(3)13-7-10(2)16-12(13)4/h7,9,11,14-15H,5-6,8H2,1-4H3. The van der Waals surface area contributed by atoms with Gasteiger partial charge in [-0.1, -0.05) is 6.92 Å². The number of rotatable bonds is 6. The van der Waals surface area contributed by atoms with Crippen LogP contribution in [-0.2, 0) is 0 Å². The largest absolute Gasteiger partial charge is 0.396 e. The molecule has 2 atom stereocenters. The summed E-state index contributed by atoms with van der Waals surface area (Å²) < 4.78 is 0. The van der Waals surface area contributed by atoms with Crippen LogP contribution in [0.1, 0.15) is 41.6 Å². The Morgan fingerprint density at radius 1 is 1.38 bits per heavy atom. The first-order valence-corrected chi connectivity index (χ1v) is 6.77. The van der Waals surface area contributed by atoms with Crippen LogP contribution in [0, 0.1) is 19.8 Å². The highest BCUT2D eigenvalue weighted by atomic mass is 32.1. The molecule has 2 N–H and O–H groups in total. The van der Waals surface area contributed by atoms with Gasteiger partial charge in [-0.2, -0.15) is 0 Å². The van der Waals surface area contributed by atoms with Crippen molar-refractivity contribution in [1.82, 2.24) is 5.32 Å². The lowest BCUT2D eigenvalue weighted by molar-refractivity contribution is 0.258.